The van der Waals surface area contributed by atoms with Gasteiger partial charge in [0.05, 0.1) is 7.11 Å². The van der Waals surface area contributed by atoms with Crippen molar-refractivity contribution in [2.24, 2.45) is 0 Å². The van der Waals surface area contributed by atoms with E-state index in [-0.39, 0.29) is 13.2 Å². The molecule has 0 bridgehead atoms. The maximum absolute atomic E-state index is 11.8. The third kappa shape index (κ3) is 6.54. The highest BCUT2D eigenvalue weighted by molar-refractivity contribution is 5.83. The highest BCUT2D eigenvalue weighted by atomic mass is 16.5. The Morgan fingerprint density at radius 1 is 0.852 bits per heavy atom. The number of carbonyl (C=O) groups excluding carboxylic acids is 2. The summed E-state index contributed by atoms with van der Waals surface area (Å²) in [6.07, 6.45) is 0. The normalized spacial score (nSPS) is 10.2. The Morgan fingerprint density at radius 2 is 1.41 bits per heavy atom. The van der Waals surface area contributed by atoms with Crippen molar-refractivity contribution in [2.45, 2.75) is 19.8 Å². The average molecular weight is 372 g/mol. The van der Waals surface area contributed by atoms with Crippen LogP contribution in [-0.2, 0) is 9.59 Å². The Bertz CT molecular complexity index is 759. The van der Waals surface area contributed by atoms with Crippen LogP contribution in [0.1, 0.15) is 25.3 Å². The van der Waals surface area contributed by atoms with Gasteiger partial charge >= 0.3 is 0 Å². The first kappa shape index (κ1) is 20.1. The van der Waals surface area contributed by atoms with E-state index < -0.39 is 11.8 Å². The molecule has 2 aromatic carbocycles. The van der Waals surface area contributed by atoms with Crippen LogP contribution in [0.3, 0.4) is 0 Å². The summed E-state index contributed by atoms with van der Waals surface area (Å²) in [6.45, 7) is 3.72. The molecule has 0 heterocycles. The highest BCUT2D eigenvalue weighted by Crippen LogP contribution is 2.25. The molecule has 144 valence electrons. The second-order valence-corrected chi connectivity index (χ2v) is 6.05. The van der Waals surface area contributed by atoms with Crippen molar-refractivity contribution in [3.63, 3.8) is 0 Å². The molecule has 2 N–H and O–H groups in total. The average Bonchev–Trinajstić information content (AvgIpc) is 2.69. The van der Waals surface area contributed by atoms with Crippen LogP contribution >= 0.6 is 0 Å². The van der Waals surface area contributed by atoms with Crippen LogP contribution in [0.25, 0.3) is 0 Å². The molecule has 27 heavy (non-hydrogen) atoms. The maximum atomic E-state index is 11.8. The number of ether oxygens (including phenoxy) is 3. The van der Waals surface area contributed by atoms with E-state index >= 15 is 0 Å². The van der Waals surface area contributed by atoms with Crippen LogP contribution in [-0.4, -0.2) is 32.1 Å². The second-order valence-electron chi connectivity index (χ2n) is 6.05. The van der Waals surface area contributed by atoms with Crippen molar-refractivity contribution in [1.29, 1.82) is 0 Å². The Hall–Kier alpha value is -3.22. The van der Waals surface area contributed by atoms with E-state index in [1.54, 1.807) is 24.3 Å². The van der Waals surface area contributed by atoms with Gasteiger partial charge in [-0.1, -0.05) is 38.1 Å². The summed E-state index contributed by atoms with van der Waals surface area (Å²) in [4.78, 5) is 23.5. The van der Waals surface area contributed by atoms with Crippen LogP contribution in [0.4, 0.5) is 0 Å². The standard InChI is InChI=1S/C20H24N2O5/c1-14(2)15-8-10-16(11-9-15)26-12-19(23)21-22-20(24)13-27-18-7-5-4-6-17(18)25-3/h4-11,14H,12-13H2,1-3H3,(H,21,23)(H,22,24). The van der Waals surface area contributed by atoms with Gasteiger partial charge in [0.15, 0.2) is 24.7 Å². The SMILES string of the molecule is COc1ccccc1OCC(=O)NNC(=O)COc1ccc(C(C)C)cc1. The minimum absolute atomic E-state index is 0.214. The van der Waals surface area contributed by atoms with Crippen molar-refractivity contribution in [3.8, 4) is 17.2 Å². The molecule has 2 rings (SSSR count). The van der Waals surface area contributed by atoms with Gasteiger partial charge in [0.2, 0.25) is 0 Å². The Balaban J connectivity index is 1.69. The summed E-state index contributed by atoms with van der Waals surface area (Å²) < 4.78 is 15.9. The smallest absolute Gasteiger partial charge is 0.276 e. The number of methoxy groups -OCH3 is 1. The van der Waals surface area contributed by atoms with Crippen LogP contribution in [0.2, 0.25) is 0 Å². The van der Waals surface area contributed by atoms with Gasteiger partial charge in [-0.05, 0) is 35.7 Å². The van der Waals surface area contributed by atoms with E-state index in [0.29, 0.717) is 23.2 Å². The van der Waals surface area contributed by atoms with E-state index in [0.717, 1.165) is 0 Å². The zero-order valence-corrected chi connectivity index (χ0v) is 15.7. The minimum Gasteiger partial charge on any atom is -0.493 e. The molecule has 0 atom stereocenters. The number of para-hydroxylation sites is 2. The molecular weight excluding hydrogens is 348 g/mol. The predicted molar refractivity (Wildman–Crippen MR) is 101 cm³/mol. The van der Waals surface area contributed by atoms with Crippen molar-refractivity contribution in [3.05, 3.63) is 54.1 Å². The van der Waals surface area contributed by atoms with Crippen LogP contribution in [0.15, 0.2) is 48.5 Å². The number of benzene rings is 2. The molecular formula is C20H24N2O5. The van der Waals surface area contributed by atoms with Gasteiger partial charge in [0.25, 0.3) is 11.8 Å². The summed E-state index contributed by atoms with van der Waals surface area (Å²) in [5.41, 5.74) is 5.73. The van der Waals surface area contributed by atoms with Crippen LogP contribution < -0.4 is 25.1 Å². The van der Waals surface area contributed by atoms with E-state index in [1.807, 2.05) is 24.3 Å². The summed E-state index contributed by atoms with van der Waals surface area (Å²) in [5, 5.41) is 0. The third-order valence-corrected chi connectivity index (χ3v) is 3.69. The number of carbonyl (C=O) groups is 2. The number of hydrogen-bond donors (Lipinski definition) is 2. The van der Waals surface area contributed by atoms with Gasteiger partial charge in [-0.25, -0.2) is 0 Å². The molecule has 0 aliphatic rings. The van der Waals surface area contributed by atoms with E-state index in [2.05, 4.69) is 24.7 Å². The first-order chi connectivity index (χ1) is 13.0. The summed E-state index contributed by atoms with van der Waals surface area (Å²) in [7, 11) is 1.51. The van der Waals surface area contributed by atoms with E-state index in [9.17, 15) is 9.59 Å². The zero-order valence-electron chi connectivity index (χ0n) is 15.7. The topological polar surface area (TPSA) is 85.9 Å². The van der Waals surface area contributed by atoms with Gasteiger partial charge < -0.3 is 14.2 Å². The molecule has 0 radical (unpaired) electrons. The van der Waals surface area contributed by atoms with Gasteiger partial charge in [-0.15, -0.1) is 0 Å². The lowest BCUT2D eigenvalue weighted by Gasteiger charge is -2.11. The number of amides is 2. The quantitative estimate of drug-likeness (QED) is 0.695. The predicted octanol–water partition coefficient (Wildman–Crippen LogP) is 2.42. The van der Waals surface area contributed by atoms with Crippen LogP contribution in [0.5, 0.6) is 17.2 Å². The number of hydrogen-bond acceptors (Lipinski definition) is 5. The van der Waals surface area contributed by atoms with Gasteiger partial charge in [0.1, 0.15) is 5.75 Å². The summed E-state index contributed by atoms with van der Waals surface area (Å²) >= 11 is 0. The fourth-order valence-corrected chi connectivity index (χ4v) is 2.19. The molecule has 7 heteroatoms. The molecule has 0 saturated heterocycles. The molecule has 0 aromatic heterocycles. The lowest BCUT2D eigenvalue weighted by molar-refractivity contribution is -0.131. The Kier molecular flexibility index (Phi) is 7.49. The van der Waals surface area contributed by atoms with E-state index in [1.165, 1.54) is 12.7 Å². The Labute approximate surface area is 158 Å². The molecule has 0 unspecified atom stereocenters. The Morgan fingerprint density at radius 3 is 1.96 bits per heavy atom. The number of hydrazine groups is 1. The number of rotatable bonds is 8. The van der Waals surface area contributed by atoms with Crippen molar-refractivity contribution in [2.75, 3.05) is 20.3 Å². The fourth-order valence-electron chi connectivity index (χ4n) is 2.19. The maximum Gasteiger partial charge on any atom is 0.276 e. The fraction of sp³-hybridized carbons (Fsp3) is 0.300. The van der Waals surface area contributed by atoms with Crippen molar-refractivity contribution >= 4 is 11.8 Å². The molecule has 0 aliphatic carbocycles. The molecule has 2 aromatic rings. The van der Waals surface area contributed by atoms with Gasteiger partial charge in [0, 0.05) is 0 Å². The molecule has 0 saturated carbocycles. The molecule has 7 nitrogen and oxygen atoms in total. The summed E-state index contributed by atoms with van der Waals surface area (Å²) in [6, 6.07) is 14.5. The minimum atomic E-state index is -0.504. The molecule has 0 spiro atoms. The van der Waals surface area contributed by atoms with E-state index in [4.69, 9.17) is 14.2 Å². The first-order valence-corrected chi connectivity index (χ1v) is 8.56. The first-order valence-electron chi connectivity index (χ1n) is 8.56. The molecule has 0 aliphatic heterocycles. The molecule has 0 fully saturated rings. The van der Waals surface area contributed by atoms with Crippen molar-refractivity contribution in [1.82, 2.24) is 10.9 Å². The lowest BCUT2D eigenvalue weighted by atomic mass is 10.0. The lowest BCUT2D eigenvalue weighted by Crippen LogP contribution is -2.45. The number of nitrogens with one attached hydrogen (secondary N) is 2. The van der Waals surface area contributed by atoms with Gasteiger partial charge in [-0.2, -0.15) is 0 Å². The van der Waals surface area contributed by atoms with Crippen molar-refractivity contribution < 1.29 is 23.8 Å². The van der Waals surface area contributed by atoms with Crippen LogP contribution in [0, 0.1) is 0 Å². The monoisotopic (exact) mass is 372 g/mol. The van der Waals surface area contributed by atoms with Gasteiger partial charge in [-0.3, -0.25) is 20.4 Å². The second kappa shape index (κ2) is 10.1. The molecule has 2 amide bonds. The zero-order chi connectivity index (χ0) is 19.6. The third-order valence-electron chi connectivity index (χ3n) is 3.69. The summed E-state index contributed by atoms with van der Waals surface area (Å²) in [5.74, 6) is 0.987. The highest BCUT2D eigenvalue weighted by Gasteiger charge is 2.09. The largest absolute Gasteiger partial charge is 0.493 e.